The van der Waals surface area contributed by atoms with Gasteiger partial charge in [-0.15, -0.1) is 4.91 Å². The number of hydrogen-bond donors (Lipinski definition) is 0. The number of carbonyl (C=O) groups is 1. The van der Waals surface area contributed by atoms with Crippen molar-refractivity contribution in [3.63, 3.8) is 0 Å². The van der Waals surface area contributed by atoms with Gasteiger partial charge in [0.2, 0.25) is 0 Å². The van der Waals surface area contributed by atoms with Crippen LogP contribution in [0.3, 0.4) is 0 Å². The number of hydrogen-bond acceptors (Lipinski definition) is 4. The maximum Gasteiger partial charge on any atom is 0.259 e. The molecule has 66 valence electrons. The van der Waals surface area contributed by atoms with Gasteiger partial charge in [0, 0.05) is 6.54 Å². The van der Waals surface area contributed by atoms with Gasteiger partial charge in [-0.1, -0.05) is 13.3 Å². The molecule has 5 heteroatoms. The summed E-state index contributed by atoms with van der Waals surface area (Å²) in [6.07, 6.45) is 1.32. The molecular weight excluding hydrogens is 158 g/mol. The Bertz CT molecular complexity index is 197. The molecule has 0 saturated heterocycles. The molecule has 0 aliphatic carbocycles. The van der Waals surface area contributed by atoms with Crippen molar-refractivity contribution in [2.45, 2.75) is 26.2 Å². The van der Waals surface area contributed by atoms with Gasteiger partial charge in [0.25, 0.3) is 5.91 Å². The van der Waals surface area contributed by atoms with E-state index in [-0.39, 0.29) is 6.42 Å². The summed E-state index contributed by atoms with van der Waals surface area (Å²) in [5.41, 5.74) is 0. The minimum absolute atomic E-state index is 0.282. The summed E-state index contributed by atoms with van der Waals surface area (Å²) >= 11 is 0. The third kappa shape index (κ3) is 3.66. The fourth-order valence-electron chi connectivity index (χ4n) is 0.678. The summed E-state index contributed by atoms with van der Waals surface area (Å²) < 4.78 is 0. The maximum absolute atomic E-state index is 10.9. The predicted molar refractivity (Wildman–Crippen MR) is 42.6 cm³/mol. The molecule has 0 aliphatic rings. The molecule has 0 bridgehead atoms. The fourth-order valence-corrected chi connectivity index (χ4v) is 0.678. The largest absolute Gasteiger partial charge is 0.272 e. The van der Waals surface area contributed by atoms with Crippen LogP contribution in [-0.4, -0.2) is 17.5 Å². The average molecular weight is 169 g/mol. The van der Waals surface area contributed by atoms with Crippen molar-refractivity contribution in [2.75, 3.05) is 6.54 Å². The molecule has 0 N–H and O–H groups in total. The highest BCUT2D eigenvalue weighted by atomic mass is 16.3. The lowest BCUT2D eigenvalue weighted by Gasteiger charge is -2.09. The second kappa shape index (κ2) is 6.28. The van der Waals surface area contributed by atoms with Gasteiger partial charge in [-0.2, -0.15) is 10.3 Å². The molecule has 0 heterocycles. The molecular formula is C7H11N3O2. The number of nitrogens with zero attached hydrogens (tertiary/aromatic N) is 3. The number of nitroso groups, excluding NO2 is 1. The topological polar surface area (TPSA) is 73.5 Å². The van der Waals surface area contributed by atoms with Crippen molar-refractivity contribution in [3.05, 3.63) is 4.91 Å². The van der Waals surface area contributed by atoms with Gasteiger partial charge in [0.05, 0.1) is 11.4 Å². The van der Waals surface area contributed by atoms with Crippen LogP contribution in [0.15, 0.2) is 5.29 Å². The Morgan fingerprint density at radius 1 is 1.67 bits per heavy atom. The van der Waals surface area contributed by atoms with E-state index in [0.717, 1.165) is 17.9 Å². The van der Waals surface area contributed by atoms with Gasteiger partial charge in [0.15, 0.2) is 0 Å². The summed E-state index contributed by atoms with van der Waals surface area (Å²) in [4.78, 5) is 21.0. The lowest BCUT2D eigenvalue weighted by Crippen LogP contribution is -2.25. The van der Waals surface area contributed by atoms with E-state index in [1.807, 2.05) is 6.92 Å². The quantitative estimate of drug-likeness (QED) is 0.458. The van der Waals surface area contributed by atoms with Gasteiger partial charge < -0.3 is 0 Å². The van der Waals surface area contributed by atoms with Crippen molar-refractivity contribution in [1.82, 2.24) is 5.01 Å². The molecule has 12 heavy (non-hydrogen) atoms. The minimum Gasteiger partial charge on any atom is -0.272 e. The van der Waals surface area contributed by atoms with Gasteiger partial charge >= 0.3 is 0 Å². The van der Waals surface area contributed by atoms with Crippen LogP contribution in [0.2, 0.25) is 0 Å². The lowest BCUT2D eigenvalue weighted by molar-refractivity contribution is -0.130. The van der Waals surface area contributed by atoms with E-state index in [0.29, 0.717) is 6.54 Å². The lowest BCUT2D eigenvalue weighted by atomic mass is 10.3. The molecule has 0 spiro atoms. The van der Waals surface area contributed by atoms with Crippen LogP contribution in [0.4, 0.5) is 0 Å². The van der Waals surface area contributed by atoms with Gasteiger partial charge in [0.1, 0.15) is 6.42 Å². The first-order valence-electron chi connectivity index (χ1n) is 3.76. The predicted octanol–water partition coefficient (Wildman–Crippen LogP) is 1.21. The van der Waals surface area contributed by atoms with Crippen molar-refractivity contribution in [1.29, 1.82) is 5.26 Å². The van der Waals surface area contributed by atoms with E-state index >= 15 is 0 Å². The first-order chi connectivity index (χ1) is 5.76. The molecule has 5 nitrogen and oxygen atoms in total. The number of nitriles is 1. The van der Waals surface area contributed by atoms with Crippen LogP contribution in [0, 0.1) is 16.2 Å². The molecule has 0 atom stereocenters. The van der Waals surface area contributed by atoms with Crippen molar-refractivity contribution < 1.29 is 4.79 Å². The summed E-state index contributed by atoms with van der Waals surface area (Å²) in [6.45, 7) is 2.25. The first-order valence-corrected chi connectivity index (χ1v) is 3.76. The Balaban J connectivity index is 3.89. The third-order valence-electron chi connectivity index (χ3n) is 1.34. The zero-order valence-corrected chi connectivity index (χ0v) is 6.99. The zero-order valence-electron chi connectivity index (χ0n) is 6.99. The normalized spacial score (nSPS) is 8.67. The van der Waals surface area contributed by atoms with E-state index in [2.05, 4.69) is 5.29 Å². The highest BCUT2D eigenvalue weighted by molar-refractivity contribution is 5.77. The SMILES string of the molecule is CCCCN(N=O)C(=O)CC#N. The van der Waals surface area contributed by atoms with Crippen LogP contribution in [0.1, 0.15) is 26.2 Å². The highest BCUT2D eigenvalue weighted by Crippen LogP contribution is 1.98. The Kier molecular flexibility index (Phi) is 5.53. The molecule has 0 aromatic rings. The first kappa shape index (κ1) is 10.6. The second-order valence-electron chi connectivity index (χ2n) is 2.29. The number of rotatable bonds is 5. The minimum atomic E-state index is -0.527. The molecule has 0 unspecified atom stereocenters. The van der Waals surface area contributed by atoms with E-state index in [4.69, 9.17) is 5.26 Å². The standard InChI is InChI=1S/C7H11N3O2/c1-2-3-6-10(9-12)7(11)4-5-8/h2-4,6H2,1H3. The molecule has 0 aliphatic heterocycles. The molecule has 0 aromatic heterocycles. The van der Waals surface area contributed by atoms with E-state index in [1.54, 1.807) is 6.07 Å². The van der Waals surface area contributed by atoms with Crippen LogP contribution in [0.25, 0.3) is 0 Å². The summed E-state index contributed by atoms with van der Waals surface area (Å²) in [7, 11) is 0. The Labute approximate surface area is 70.9 Å². The fraction of sp³-hybridized carbons (Fsp3) is 0.714. The molecule has 0 fully saturated rings. The van der Waals surface area contributed by atoms with Gasteiger partial charge in [-0.3, -0.25) is 4.79 Å². The molecule has 0 saturated carbocycles. The summed E-state index contributed by atoms with van der Waals surface area (Å²) in [5.74, 6) is -0.527. The number of unbranched alkanes of at least 4 members (excludes halogenated alkanes) is 1. The average Bonchev–Trinajstić information content (AvgIpc) is 2.06. The molecule has 0 aromatic carbocycles. The van der Waals surface area contributed by atoms with Crippen LogP contribution in [0.5, 0.6) is 0 Å². The summed E-state index contributed by atoms with van der Waals surface area (Å²) in [6, 6.07) is 1.67. The van der Waals surface area contributed by atoms with E-state index in [9.17, 15) is 9.70 Å². The number of amides is 1. The Hall–Kier alpha value is -1.44. The van der Waals surface area contributed by atoms with Gasteiger partial charge in [-0.25, -0.2) is 0 Å². The van der Waals surface area contributed by atoms with Gasteiger partial charge in [-0.05, 0) is 6.42 Å². The van der Waals surface area contributed by atoms with Crippen molar-refractivity contribution in [3.8, 4) is 6.07 Å². The summed E-state index contributed by atoms with van der Waals surface area (Å²) in [5, 5.41) is 11.5. The second-order valence-corrected chi connectivity index (χ2v) is 2.29. The highest BCUT2D eigenvalue weighted by Gasteiger charge is 2.11. The van der Waals surface area contributed by atoms with E-state index < -0.39 is 5.91 Å². The zero-order chi connectivity index (χ0) is 9.40. The third-order valence-corrected chi connectivity index (χ3v) is 1.34. The molecule has 1 amide bonds. The molecule has 0 rings (SSSR count). The van der Waals surface area contributed by atoms with E-state index in [1.165, 1.54) is 0 Å². The van der Waals surface area contributed by atoms with Crippen LogP contribution >= 0.6 is 0 Å². The maximum atomic E-state index is 10.9. The number of carbonyl (C=O) groups excluding carboxylic acids is 1. The van der Waals surface area contributed by atoms with Crippen molar-refractivity contribution in [2.24, 2.45) is 5.29 Å². The Morgan fingerprint density at radius 3 is 2.75 bits per heavy atom. The van der Waals surface area contributed by atoms with Crippen LogP contribution < -0.4 is 0 Å². The van der Waals surface area contributed by atoms with Crippen molar-refractivity contribution >= 4 is 5.91 Å². The monoisotopic (exact) mass is 169 g/mol. The smallest absolute Gasteiger partial charge is 0.259 e. The van der Waals surface area contributed by atoms with Crippen LogP contribution in [-0.2, 0) is 4.79 Å². The molecule has 0 radical (unpaired) electrons. The Morgan fingerprint density at radius 2 is 2.33 bits per heavy atom.